The molecular formula is C11H9N3O. The molecule has 0 spiro atoms. The minimum absolute atomic E-state index is 0.268. The molecule has 74 valence electrons. The first-order valence-electron chi connectivity index (χ1n) is 4.44. The van der Waals surface area contributed by atoms with Crippen molar-refractivity contribution in [2.24, 2.45) is 5.73 Å². The lowest BCUT2D eigenvalue weighted by Crippen LogP contribution is -2.12. The lowest BCUT2D eigenvalue weighted by molar-refractivity contribution is 0.0995. The van der Waals surface area contributed by atoms with E-state index in [-0.39, 0.29) is 5.69 Å². The summed E-state index contributed by atoms with van der Waals surface area (Å²) in [7, 11) is 0. The largest absolute Gasteiger partial charge is 0.364 e. The molecule has 15 heavy (non-hydrogen) atoms. The molecule has 4 nitrogen and oxygen atoms in total. The van der Waals surface area contributed by atoms with Crippen molar-refractivity contribution >= 4 is 5.91 Å². The van der Waals surface area contributed by atoms with Gasteiger partial charge < -0.3 is 5.73 Å². The van der Waals surface area contributed by atoms with Crippen molar-refractivity contribution in [1.29, 1.82) is 0 Å². The van der Waals surface area contributed by atoms with Gasteiger partial charge >= 0.3 is 0 Å². The molecule has 0 unspecified atom stereocenters. The minimum Gasteiger partial charge on any atom is -0.364 e. The van der Waals surface area contributed by atoms with E-state index in [0.717, 1.165) is 5.56 Å². The Morgan fingerprint density at radius 2 is 1.87 bits per heavy atom. The normalized spacial score (nSPS) is 9.87. The molecule has 0 aliphatic heterocycles. The zero-order valence-electron chi connectivity index (χ0n) is 7.92. The molecule has 0 bridgehead atoms. The molecule has 0 atom stereocenters. The Hall–Kier alpha value is -2.23. The van der Waals surface area contributed by atoms with Crippen molar-refractivity contribution in [3.63, 3.8) is 0 Å². The Balaban J connectivity index is 2.46. The van der Waals surface area contributed by atoms with Crippen LogP contribution in [0.1, 0.15) is 10.5 Å². The van der Waals surface area contributed by atoms with E-state index in [1.54, 1.807) is 24.5 Å². The van der Waals surface area contributed by atoms with E-state index < -0.39 is 5.91 Å². The summed E-state index contributed by atoms with van der Waals surface area (Å²) in [6, 6.07) is 8.82. The number of hydrogen-bond acceptors (Lipinski definition) is 3. The van der Waals surface area contributed by atoms with Gasteiger partial charge in [-0.1, -0.05) is 6.07 Å². The summed E-state index contributed by atoms with van der Waals surface area (Å²) in [5, 5.41) is 0. The van der Waals surface area contributed by atoms with Crippen LogP contribution < -0.4 is 5.73 Å². The fraction of sp³-hybridized carbons (Fsp3) is 0. The van der Waals surface area contributed by atoms with Crippen LogP contribution in [-0.4, -0.2) is 15.9 Å². The molecular weight excluding hydrogens is 190 g/mol. The second kappa shape index (κ2) is 3.88. The van der Waals surface area contributed by atoms with Crippen molar-refractivity contribution in [3.05, 3.63) is 48.4 Å². The highest BCUT2D eigenvalue weighted by molar-refractivity contribution is 5.91. The predicted octanol–water partition coefficient (Wildman–Crippen LogP) is 1.24. The van der Waals surface area contributed by atoms with Gasteiger partial charge in [0, 0.05) is 18.0 Å². The van der Waals surface area contributed by atoms with Crippen LogP contribution in [0.4, 0.5) is 0 Å². The van der Waals surface area contributed by atoms with E-state index in [1.807, 2.05) is 18.2 Å². The number of amides is 1. The smallest absolute Gasteiger partial charge is 0.267 e. The van der Waals surface area contributed by atoms with Crippen LogP contribution >= 0.6 is 0 Å². The van der Waals surface area contributed by atoms with Gasteiger partial charge in [-0.2, -0.15) is 0 Å². The van der Waals surface area contributed by atoms with Gasteiger partial charge in [-0.15, -0.1) is 0 Å². The van der Waals surface area contributed by atoms with Crippen molar-refractivity contribution in [2.45, 2.75) is 0 Å². The van der Waals surface area contributed by atoms with Gasteiger partial charge in [-0.3, -0.25) is 9.78 Å². The van der Waals surface area contributed by atoms with Gasteiger partial charge in [0.15, 0.2) is 0 Å². The molecule has 0 radical (unpaired) electrons. The Morgan fingerprint density at radius 1 is 1.13 bits per heavy atom. The van der Waals surface area contributed by atoms with Gasteiger partial charge in [0.1, 0.15) is 5.69 Å². The highest BCUT2D eigenvalue weighted by Crippen LogP contribution is 2.15. The second-order valence-corrected chi connectivity index (χ2v) is 3.01. The Morgan fingerprint density at radius 3 is 2.53 bits per heavy atom. The van der Waals surface area contributed by atoms with Crippen LogP contribution in [0.2, 0.25) is 0 Å². The molecule has 0 fully saturated rings. The predicted molar refractivity (Wildman–Crippen MR) is 56.0 cm³/mol. The van der Waals surface area contributed by atoms with E-state index >= 15 is 0 Å². The first kappa shape index (κ1) is 9.33. The maximum Gasteiger partial charge on any atom is 0.267 e. The minimum atomic E-state index is -0.522. The Labute approximate surface area is 86.8 Å². The van der Waals surface area contributed by atoms with Crippen molar-refractivity contribution in [2.75, 3.05) is 0 Å². The van der Waals surface area contributed by atoms with Gasteiger partial charge in [0.2, 0.25) is 0 Å². The number of rotatable bonds is 2. The first-order chi connectivity index (χ1) is 7.27. The van der Waals surface area contributed by atoms with Gasteiger partial charge in [-0.25, -0.2) is 4.98 Å². The van der Waals surface area contributed by atoms with Gasteiger partial charge in [0.25, 0.3) is 5.91 Å². The average molecular weight is 199 g/mol. The highest BCUT2D eigenvalue weighted by Gasteiger charge is 2.04. The van der Waals surface area contributed by atoms with E-state index in [2.05, 4.69) is 9.97 Å². The molecule has 0 aromatic carbocycles. The number of primary amides is 1. The Bertz CT molecular complexity index is 482. The van der Waals surface area contributed by atoms with E-state index in [1.165, 1.54) is 0 Å². The van der Waals surface area contributed by atoms with Crippen molar-refractivity contribution in [1.82, 2.24) is 9.97 Å². The summed E-state index contributed by atoms with van der Waals surface area (Å²) in [6.45, 7) is 0. The van der Waals surface area contributed by atoms with Crippen LogP contribution in [0.3, 0.4) is 0 Å². The number of nitrogens with two attached hydrogens (primary N) is 1. The molecule has 0 saturated heterocycles. The van der Waals surface area contributed by atoms with E-state index in [0.29, 0.717) is 5.69 Å². The summed E-state index contributed by atoms with van der Waals surface area (Å²) >= 11 is 0. The van der Waals surface area contributed by atoms with Crippen LogP contribution in [0, 0.1) is 0 Å². The lowest BCUT2D eigenvalue weighted by atomic mass is 10.1. The summed E-state index contributed by atoms with van der Waals surface area (Å²) < 4.78 is 0. The lowest BCUT2D eigenvalue weighted by Gasteiger charge is -2.01. The zero-order valence-corrected chi connectivity index (χ0v) is 7.92. The van der Waals surface area contributed by atoms with E-state index in [4.69, 9.17) is 5.73 Å². The van der Waals surface area contributed by atoms with Crippen molar-refractivity contribution in [3.8, 4) is 11.3 Å². The summed E-state index contributed by atoms with van der Waals surface area (Å²) in [5.74, 6) is -0.522. The highest BCUT2D eigenvalue weighted by atomic mass is 16.1. The SMILES string of the molecule is NC(=O)c1cccc(-c2ccncc2)n1. The quantitative estimate of drug-likeness (QED) is 0.791. The molecule has 2 heterocycles. The number of aromatic nitrogens is 2. The number of carbonyl (C=O) groups is 1. The third-order valence-corrected chi connectivity index (χ3v) is 1.98. The van der Waals surface area contributed by atoms with Gasteiger partial charge in [-0.05, 0) is 24.3 Å². The third-order valence-electron chi connectivity index (χ3n) is 1.98. The fourth-order valence-electron chi connectivity index (χ4n) is 1.26. The molecule has 1 amide bonds. The van der Waals surface area contributed by atoms with Crippen LogP contribution in [-0.2, 0) is 0 Å². The molecule has 4 heteroatoms. The molecule has 2 rings (SSSR count). The summed E-state index contributed by atoms with van der Waals surface area (Å²) in [4.78, 5) is 19.0. The number of hydrogen-bond donors (Lipinski definition) is 1. The third kappa shape index (κ3) is 1.99. The fourth-order valence-corrected chi connectivity index (χ4v) is 1.26. The van der Waals surface area contributed by atoms with Crippen LogP contribution in [0.25, 0.3) is 11.3 Å². The van der Waals surface area contributed by atoms with Crippen LogP contribution in [0.15, 0.2) is 42.7 Å². The molecule has 2 aromatic rings. The topological polar surface area (TPSA) is 68.9 Å². The van der Waals surface area contributed by atoms with E-state index in [9.17, 15) is 4.79 Å². The molecule has 0 aliphatic rings. The number of pyridine rings is 2. The summed E-state index contributed by atoms with van der Waals surface area (Å²) in [5.41, 5.74) is 7.04. The summed E-state index contributed by atoms with van der Waals surface area (Å²) in [6.07, 6.45) is 3.35. The Kier molecular flexibility index (Phi) is 2.41. The standard InChI is InChI=1S/C11H9N3O/c12-11(15)10-3-1-2-9(14-10)8-4-6-13-7-5-8/h1-7H,(H2,12,15). The average Bonchev–Trinajstić information content (AvgIpc) is 2.30. The van der Waals surface area contributed by atoms with Gasteiger partial charge in [0.05, 0.1) is 5.69 Å². The van der Waals surface area contributed by atoms with Crippen molar-refractivity contribution < 1.29 is 4.79 Å². The number of nitrogens with zero attached hydrogens (tertiary/aromatic N) is 2. The van der Waals surface area contributed by atoms with Crippen LogP contribution in [0.5, 0.6) is 0 Å². The monoisotopic (exact) mass is 199 g/mol. The maximum atomic E-state index is 10.9. The molecule has 0 aliphatic carbocycles. The molecule has 2 aromatic heterocycles. The number of carbonyl (C=O) groups excluding carboxylic acids is 1. The first-order valence-corrected chi connectivity index (χ1v) is 4.44. The maximum absolute atomic E-state index is 10.9. The molecule has 2 N–H and O–H groups in total. The second-order valence-electron chi connectivity index (χ2n) is 3.01. The molecule has 0 saturated carbocycles. The zero-order chi connectivity index (χ0) is 10.7.